The lowest BCUT2D eigenvalue weighted by molar-refractivity contribution is 0.194. The van der Waals surface area contributed by atoms with Crippen LogP contribution in [-0.2, 0) is 17.9 Å². The van der Waals surface area contributed by atoms with Crippen LogP contribution in [0.2, 0.25) is 5.02 Å². The van der Waals surface area contributed by atoms with E-state index in [1.165, 1.54) is 6.07 Å². The number of nitrogens with one attached hydrogen (secondary N) is 1. The Morgan fingerprint density at radius 1 is 1.12 bits per heavy atom. The first-order chi connectivity index (χ1) is 11.2. The SMILES string of the molecule is COCCCNCc1cc(Cl)ccc1OCc1ccccc1F.Cl. The Bertz CT molecular complexity index is 626. The zero-order valence-electron chi connectivity index (χ0n) is 13.6. The van der Waals surface area contributed by atoms with Crippen LogP contribution in [0.4, 0.5) is 4.39 Å². The molecular formula is C18H22Cl2FNO2. The molecule has 132 valence electrons. The number of hydrogen-bond donors (Lipinski definition) is 1. The predicted octanol–water partition coefficient (Wildman–Crippen LogP) is 4.61. The van der Waals surface area contributed by atoms with Gasteiger partial charge in [0.2, 0.25) is 0 Å². The maximum atomic E-state index is 13.7. The molecule has 0 aliphatic carbocycles. The van der Waals surface area contributed by atoms with Gasteiger partial charge in [-0.1, -0.05) is 29.8 Å². The topological polar surface area (TPSA) is 30.5 Å². The molecule has 0 bridgehead atoms. The highest BCUT2D eigenvalue weighted by Gasteiger charge is 2.07. The van der Waals surface area contributed by atoms with Gasteiger partial charge >= 0.3 is 0 Å². The van der Waals surface area contributed by atoms with Crippen LogP contribution in [0.1, 0.15) is 17.5 Å². The summed E-state index contributed by atoms with van der Waals surface area (Å²) in [6, 6.07) is 12.1. The van der Waals surface area contributed by atoms with Crippen LogP contribution in [0.25, 0.3) is 0 Å². The van der Waals surface area contributed by atoms with E-state index in [4.69, 9.17) is 21.1 Å². The van der Waals surface area contributed by atoms with Crippen molar-refractivity contribution in [3.8, 4) is 5.75 Å². The molecule has 0 radical (unpaired) electrons. The monoisotopic (exact) mass is 373 g/mol. The van der Waals surface area contributed by atoms with Gasteiger partial charge in [0.1, 0.15) is 18.2 Å². The average molecular weight is 374 g/mol. The maximum Gasteiger partial charge on any atom is 0.129 e. The molecule has 0 aliphatic heterocycles. The maximum absolute atomic E-state index is 13.7. The second-order valence-corrected chi connectivity index (χ2v) is 5.59. The van der Waals surface area contributed by atoms with Crippen LogP contribution in [0.3, 0.4) is 0 Å². The fourth-order valence-corrected chi connectivity index (χ4v) is 2.36. The van der Waals surface area contributed by atoms with Gasteiger partial charge in [-0.2, -0.15) is 0 Å². The lowest BCUT2D eigenvalue weighted by atomic mass is 10.2. The number of halogens is 3. The van der Waals surface area contributed by atoms with E-state index < -0.39 is 0 Å². The molecule has 3 nitrogen and oxygen atoms in total. The summed E-state index contributed by atoms with van der Waals surface area (Å²) < 4.78 is 24.4. The third kappa shape index (κ3) is 6.65. The van der Waals surface area contributed by atoms with Crippen LogP contribution in [-0.4, -0.2) is 20.3 Å². The zero-order chi connectivity index (χ0) is 16.5. The van der Waals surface area contributed by atoms with Crippen molar-refractivity contribution in [1.29, 1.82) is 0 Å². The summed E-state index contributed by atoms with van der Waals surface area (Å²) in [5, 5.41) is 3.97. The van der Waals surface area contributed by atoms with E-state index in [-0.39, 0.29) is 24.8 Å². The van der Waals surface area contributed by atoms with Gasteiger partial charge < -0.3 is 14.8 Å². The van der Waals surface area contributed by atoms with E-state index in [0.29, 0.717) is 22.9 Å². The molecule has 2 aromatic rings. The van der Waals surface area contributed by atoms with Gasteiger partial charge in [0.05, 0.1) is 0 Å². The number of benzene rings is 2. The van der Waals surface area contributed by atoms with Crippen molar-refractivity contribution >= 4 is 24.0 Å². The van der Waals surface area contributed by atoms with Crippen LogP contribution in [0.5, 0.6) is 5.75 Å². The van der Waals surface area contributed by atoms with Crippen LogP contribution in [0.15, 0.2) is 42.5 Å². The van der Waals surface area contributed by atoms with Crippen molar-refractivity contribution in [2.75, 3.05) is 20.3 Å². The van der Waals surface area contributed by atoms with Gasteiger partial charge in [0.15, 0.2) is 0 Å². The molecular weight excluding hydrogens is 352 g/mol. The van der Waals surface area contributed by atoms with Crippen molar-refractivity contribution < 1.29 is 13.9 Å². The molecule has 0 aliphatic rings. The Morgan fingerprint density at radius 2 is 1.92 bits per heavy atom. The molecule has 0 heterocycles. The standard InChI is InChI=1S/C18H21ClFNO2.ClH/c1-22-10-4-9-21-12-15-11-16(19)7-8-18(15)23-13-14-5-2-3-6-17(14)20;/h2-3,5-8,11,21H,4,9-10,12-13H2,1H3;1H. The highest BCUT2D eigenvalue weighted by molar-refractivity contribution is 6.30. The molecule has 0 fully saturated rings. The summed E-state index contributed by atoms with van der Waals surface area (Å²) >= 11 is 6.06. The van der Waals surface area contributed by atoms with E-state index >= 15 is 0 Å². The van der Waals surface area contributed by atoms with Crippen molar-refractivity contribution in [1.82, 2.24) is 5.32 Å². The lowest BCUT2D eigenvalue weighted by Gasteiger charge is -2.13. The first kappa shape index (κ1) is 20.7. The summed E-state index contributed by atoms with van der Waals surface area (Å²) in [5.74, 6) is 0.442. The van der Waals surface area contributed by atoms with E-state index in [1.807, 2.05) is 12.1 Å². The van der Waals surface area contributed by atoms with E-state index in [9.17, 15) is 4.39 Å². The minimum atomic E-state index is -0.263. The molecule has 0 unspecified atom stereocenters. The lowest BCUT2D eigenvalue weighted by Crippen LogP contribution is -2.16. The van der Waals surface area contributed by atoms with Gasteiger partial charge in [-0.15, -0.1) is 12.4 Å². The van der Waals surface area contributed by atoms with Crippen molar-refractivity contribution in [2.24, 2.45) is 0 Å². The molecule has 6 heteroatoms. The number of rotatable bonds is 9. The molecule has 0 saturated carbocycles. The Labute approximate surface area is 153 Å². The minimum Gasteiger partial charge on any atom is -0.488 e. The van der Waals surface area contributed by atoms with Gasteiger partial charge in [-0.25, -0.2) is 4.39 Å². The van der Waals surface area contributed by atoms with Gasteiger partial charge in [0.25, 0.3) is 0 Å². The molecule has 24 heavy (non-hydrogen) atoms. The van der Waals surface area contributed by atoms with Gasteiger partial charge in [-0.3, -0.25) is 0 Å². The predicted molar refractivity (Wildman–Crippen MR) is 97.6 cm³/mol. The summed E-state index contributed by atoms with van der Waals surface area (Å²) in [4.78, 5) is 0. The molecule has 0 aromatic heterocycles. The second-order valence-electron chi connectivity index (χ2n) is 5.16. The molecule has 0 amide bonds. The second kappa shape index (κ2) is 11.3. The third-order valence-electron chi connectivity index (χ3n) is 3.38. The van der Waals surface area contributed by atoms with Crippen LogP contribution < -0.4 is 10.1 Å². The highest BCUT2D eigenvalue weighted by atomic mass is 35.5. The molecule has 0 spiro atoms. The molecule has 2 rings (SSSR count). The summed E-state index contributed by atoms with van der Waals surface area (Å²) in [7, 11) is 1.69. The van der Waals surface area contributed by atoms with Crippen LogP contribution >= 0.6 is 24.0 Å². The zero-order valence-corrected chi connectivity index (χ0v) is 15.1. The van der Waals surface area contributed by atoms with E-state index in [0.717, 1.165) is 25.1 Å². The van der Waals surface area contributed by atoms with Crippen LogP contribution in [0, 0.1) is 5.82 Å². The quantitative estimate of drug-likeness (QED) is 0.651. The molecule has 1 N–H and O–H groups in total. The summed E-state index contributed by atoms with van der Waals surface area (Å²) in [6.45, 7) is 2.38. The molecule has 0 atom stereocenters. The first-order valence-electron chi connectivity index (χ1n) is 7.55. The highest BCUT2D eigenvalue weighted by Crippen LogP contribution is 2.24. The Balaban J connectivity index is 0.00000288. The summed E-state index contributed by atoms with van der Waals surface area (Å²) in [6.07, 6.45) is 0.933. The molecule has 2 aromatic carbocycles. The van der Waals surface area contributed by atoms with E-state index in [2.05, 4.69) is 5.32 Å². The number of ether oxygens (including phenoxy) is 2. The van der Waals surface area contributed by atoms with Gasteiger partial charge in [-0.05, 0) is 37.2 Å². The minimum absolute atomic E-state index is 0. The largest absolute Gasteiger partial charge is 0.488 e. The fourth-order valence-electron chi connectivity index (χ4n) is 2.16. The first-order valence-corrected chi connectivity index (χ1v) is 7.93. The van der Waals surface area contributed by atoms with Crippen molar-refractivity contribution in [3.05, 3.63) is 64.4 Å². The Kier molecular flexibility index (Phi) is 9.72. The smallest absolute Gasteiger partial charge is 0.129 e. The Morgan fingerprint density at radius 3 is 2.67 bits per heavy atom. The number of methoxy groups -OCH3 is 1. The van der Waals surface area contributed by atoms with E-state index in [1.54, 1.807) is 31.4 Å². The molecule has 0 saturated heterocycles. The third-order valence-corrected chi connectivity index (χ3v) is 3.62. The normalized spacial score (nSPS) is 10.3. The Hall–Kier alpha value is -1.33. The van der Waals surface area contributed by atoms with Gasteiger partial charge in [0, 0.05) is 36.4 Å². The average Bonchev–Trinajstić information content (AvgIpc) is 2.55. The number of hydrogen-bond acceptors (Lipinski definition) is 3. The summed E-state index contributed by atoms with van der Waals surface area (Å²) in [5.41, 5.74) is 1.48. The fraction of sp³-hybridized carbons (Fsp3) is 0.333. The van der Waals surface area contributed by atoms with Crippen molar-refractivity contribution in [2.45, 2.75) is 19.6 Å². The van der Waals surface area contributed by atoms with Crippen molar-refractivity contribution in [3.63, 3.8) is 0 Å².